The van der Waals surface area contributed by atoms with Crippen LogP contribution >= 0.6 is 0 Å². The molecule has 0 fully saturated rings. The van der Waals surface area contributed by atoms with E-state index in [0.717, 1.165) is 17.1 Å². The molecule has 0 aromatic carbocycles. The molecule has 0 radical (unpaired) electrons. The summed E-state index contributed by atoms with van der Waals surface area (Å²) in [6.07, 6.45) is 0. The third kappa shape index (κ3) is 3.84. The van der Waals surface area contributed by atoms with Crippen molar-refractivity contribution in [1.82, 2.24) is 5.32 Å². The van der Waals surface area contributed by atoms with Gasteiger partial charge in [-0.25, -0.2) is 0 Å². The summed E-state index contributed by atoms with van der Waals surface area (Å²) in [6.45, 7) is 8.66. The smallest absolute Gasteiger partial charge is 0.107 e. The number of ether oxygens (including phenoxy) is 1. The summed E-state index contributed by atoms with van der Waals surface area (Å²) in [4.78, 5) is 0. The molecule has 0 aliphatic carbocycles. The molecular formula is C13H23NO3. The van der Waals surface area contributed by atoms with Gasteiger partial charge in [-0.3, -0.25) is 0 Å². The van der Waals surface area contributed by atoms with Gasteiger partial charge in [0.05, 0.1) is 6.61 Å². The fourth-order valence-electron chi connectivity index (χ4n) is 1.94. The molecule has 98 valence electrons. The minimum absolute atomic E-state index is 0.208. The minimum atomic E-state index is -0.927. The maximum absolute atomic E-state index is 10.4. The molecule has 0 aliphatic heterocycles. The van der Waals surface area contributed by atoms with E-state index in [4.69, 9.17) is 9.15 Å². The number of hydrogen-bond acceptors (Lipinski definition) is 4. The van der Waals surface area contributed by atoms with Crippen molar-refractivity contribution < 1.29 is 14.3 Å². The number of nitrogens with one attached hydrogen (secondary N) is 1. The molecule has 1 aromatic rings. The van der Waals surface area contributed by atoms with Crippen molar-refractivity contribution in [2.24, 2.45) is 0 Å². The first-order valence-corrected chi connectivity index (χ1v) is 5.89. The van der Waals surface area contributed by atoms with Crippen LogP contribution in [0.15, 0.2) is 10.5 Å². The molecule has 1 rings (SSSR count). The molecule has 1 aromatic heterocycles. The van der Waals surface area contributed by atoms with Gasteiger partial charge in [-0.1, -0.05) is 0 Å². The third-order valence-corrected chi connectivity index (χ3v) is 2.83. The van der Waals surface area contributed by atoms with Gasteiger partial charge >= 0.3 is 0 Å². The highest BCUT2D eigenvalue weighted by molar-refractivity contribution is 5.26. The van der Waals surface area contributed by atoms with E-state index in [1.807, 2.05) is 26.8 Å². The summed E-state index contributed by atoms with van der Waals surface area (Å²) in [7, 11) is 1.67. The van der Waals surface area contributed by atoms with Crippen molar-refractivity contribution in [1.29, 1.82) is 0 Å². The van der Waals surface area contributed by atoms with Crippen LogP contribution in [0.3, 0.4) is 0 Å². The Labute approximate surface area is 103 Å². The van der Waals surface area contributed by atoms with Gasteiger partial charge in [-0.05, 0) is 33.8 Å². The fourth-order valence-corrected chi connectivity index (χ4v) is 1.94. The zero-order chi connectivity index (χ0) is 13.1. The molecule has 2 atom stereocenters. The Balaban J connectivity index is 2.65. The van der Waals surface area contributed by atoms with Crippen molar-refractivity contribution in [3.05, 3.63) is 23.2 Å². The zero-order valence-corrected chi connectivity index (χ0v) is 11.3. The van der Waals surface area contributed by atoms with Gasteiger partial charge in [0.1, 0.15) is 17.1 Å². The molecule has 0 saturated carbocycles. The van der Waals surface area contributed by atoms with Crippen molar-refractivity contribution in [3.8, 4) is 0 Å². The second-order valence-electron chi connectivity index (χ2n) is 4.84. The van der Waals surface area contributed by atoms with Crippen LogP contribution in [0.5, 0.6) is 0 Å². The maximum atomic E-state index is 10.4. The van der Waals surface area contributed by atoms with Gasteiger partial charge in [0, 0.05) is 25.3 Å². The second kappa shape index (κ2) is 5.67. The number of aliphatic hydroxyl groups is 1. The van der Waals surface area contributed by atoms with E-state index in [1.165, 1.54) is 0 Å². The van der Waals surface area contributed by atoms with Gasteiger partial charge in [-0.2, -0.15) is 0 Å². The normalized spacial score (nSPS) is 16.8. The van der Waals surface area contributed by atoms with Crippen LogP contribution in [0.4, 0.5) is 0 Å². The summed E-state index contributed by atoms with van der Waals surface area (Å²) in [5, 5.41) is 13.7. The van der Waals surface area contributed by atoms with E-state index in [-0.39, 0.29) is 6.04 Å². The fraction of sp³-hybridized carbons (Fsp3) is 0.692. The van der Waals surface area contributed by atoms with E-state index < -0.39 is 5.60 Å². The van der Waals surface area contributed by atoms with E-state index in [0.29, 0.717) is 13.2 Å². The highest BCUT2D eigenvalue weighted by Crippen LogP contribution is 2.26. The molecule has 1 heterocycles. The molecule has 2 unspecified atom stereocenters. The monoisotopic (exact) mass is 241 g/mol. The number of rotatable bonds is 6. The number of furan rings is 1. The van der Waals surface area contributed by atoms with Crippen molar-refractivity contribution in [3.63, 3.8) is 0 Å². The Morgan fingerprint density at radius 1 is 1.53 bits per heavy atom. The molecule has 0 amide bonds. The van der Waals surface area contributed by atoms with Crippen molar-refractivity contribution in [2.75, 3.05) is 20.3 Å². The van der Waals surface area contributed by atoms with Crippen molar-refractivity contribution >= 4 is 0 Å². The average Bonchev–Trinajstić information content (AvgIpc) is 2.56. The highest BCUT2D eigenvalue weighted by atomic mass is 16.5. The molecule has 0 saturated heterocycles. The quantitative estimate of drug-likeness (QED) is 0.796. The lowest BCUT2D eigenvalue weighted by molar-refractivity contribution is 0.0486. The predicted molar refractivity (Wildman–Crippen MR) is 67.1 cm³/mol. The van der Waals surface area contributed by atoms with Crippen molar-refractivity contribution in [2.45, 2.75) is 39.3 Å². The zero-order valence-electron chi connectivity index (χ0n) is 11.3. The molecule has 0 aliphatic rings. The molecule has 4 nitrogen and oxygen atoms in total. The summed E-state index contributed by atoms with van der Waals surface area (Å²) in [5.41, 5.74) is -0.0868. The molecule has 0 bridgehead atoms. The molecular weight excluding hydrogens is 218 g/mol. The van der Waals surface area contributed by atoms with Crippen LogP contribution in [0.25, 0.3) is 0 Å². The Morgan fingerprint density at radius 2 is 2.18 bits per heavy atom. The molecule has 0 spiro atoms. The Bertz CT molecular complexity index is 358. The first-order chi connectivity index (χ1) is 7.86. The lowest BCUT2D eigenvalue weighted by Crippen LogP contribution is -2.41. The Kier molecular flexibility index (Phi) is 4.74. The minimum Gasteiger partial charge on any atom is -0.466 e. The Morgan fingerprint density at radius 3 is 2.65 bits per heavy atom. The van der Waals surface area contributed by atoms with Gasteiger partial charge < -0.3 is 19.6 Å². The van der Waals surface area contributed by atoms with E-state index >= 15 is 0 Å². The first-order valence-electron chi connectivity index (χ1n) is 5.89. The Hall–Kier alpha value is -0.840. The van der Waals surface area contributed by atoms with Gasteiger partial charge in [-0.15, -0.1) is 0 Å². The number of hydrogen-bond donors (Lipinski definition) is 2. The second-order valence-corrected chi connectivity index (χ2v) is 4.84. The third-order valence-electron chi connectivity index (χ3n) is 2.83. The van der Waals surface area contributed by atoms with E-state index in [1.54, 1.807) is 14.0 Å². The largest absolute Gasteiger partial charge is 0.466 e. The topological polar surface area (TPSA) is 54.6 Å². The SMILES string of the molecule is COCC(C)NCC(C)(O)c1cc(C)oc1C. The summed E-state index contributed by atoms with van der Waals surface area (Å²) < 4.78 is 10.5. The molecule has 17 heavy (non-hydrogen) atoms. The van der Waals surface area contributed by atoms with Crippen LogP contribution in [0, 0.1) is 13.8 Å². The molecule has 2 N–H and O–H groups in total. The van der Waals surface area contributed by atoms with Crippen LogP contribution in [0.1, 0.15) is 30.9 Å². The summed E-state index contributed by atoms with van der Waals surface area (Å²) >= 11 is 0. The van der Waals surface area contributed by atoms with Gasteiger partial charge in [0.25, 0.3) is 0 Å². The van der Waals surface area contributed by atoms with Gasteiger partial charge in [0.15, 0.2) is 0 Å². The predicted octanol–water partition coefficient (Wildman–Crippen LogP) is 1.73. The lowest BCUT2D eigenvalue weighted by Gasteiger charge is -2.25. The van der Waals surface area contributed by atoms with E-state index in [9.17, 15) is 5.11 Å². The lowest BCUT2D eigenvalue weighted by atomic mass is 9.96. The first kappa shape index (κ1) is 14.2. The van der Waals surface area contributed by atoms with E-state index in [2.05, 4.69) is 5.32 Å². The van der Waals surface area contributed by atoms with Gasteiger partial charge in [0.2, 0.25) is 0 Å². The number of methoxy groups -OCH3 is 1. The maximum Gasteiger partial charge on any atom is 0.107 e. The standard InChI is InChI=1S/C13H23NO3/c1-9(7-16-5)14-8-13(4,15)12-6-10(2)17-11(12)3/h6,9,14-15H,7-8H2,1-5H3. The van der Waals surface area contributed by atoms with Crippen LogP contribution in [-0.2, 0) is 10.3 Å². The molecule has 4 heteroatoms. The highest BCUT2D eigenvalue weighted by Gasteiger charge is 2.27. The average molecular weight is 241 g/mol. The van der Waals surface area contributed by atoms with Crippen LogP contribution < -0.4 is 5.32 Å². The summed E-state index contributed by atoms with van der Waals surface area (Å²) in [5.74, 6) is 1.59. The summed E-state index contributed by atoms with van der Waals surface area (Å²) in [6, 6.07) is 2.10. The number of aryl methyl sites for hydroxylation is 2. The van der Waals surface area contributed by atoms with Crippen LogP contribution in [-0.4, -0.2) is 31.4 Å². The van der Waals surface area contributed by atoms with Crippen LogP contribution in [0.2, 0.25) is 0 Å².